The van der Waals surface area contributed by atoms with Crippen LogP contribution in [0.25, 0.3) is 0 Å². The van der Waals surface area contributed by atoms with Crippen LogP contribution in [0.2, 0.25) is 0 Å². The SMILES string of the molecule is CN=C(NCCC(=O)N1CCN(c2ccccc2)CC1)NC1CCN(C(C)C)CC1. The van der Waals surface area contributed by atoms with Crippen LogP contribution in [0, 0.1) is 0 Å². The summed E-state index contributed by atoms with van der Waals surface area (Å²) in [6, 6.07) is 11.5. The predicted octanol–water partition coefficient (Wildman–Crippen LogP) is 1.76. The third kappa shape index (κ3) is 6.36. The van der Waals surface area contributed by atoms with Crippen LogP contribution in [0.3, 0.4) is 0 Å². The van der Waals surface area contributed by atoms with Gasteiger partial charge >= 0.3 is 0 Å². The van der Waals surface area contributed by atoms with Crippen LogP contribution in [0.5, 0.6) is 0 Å². The summed E-state index contributed by atoms with van der Waals surface area (Å²) < 4.78 is 0. The molecule has 7 nitrogen and oxygen atoms in total. The lowest BCUT2D eigenvalue weighted by Gasteiger charge is -2.36. The first kappa shape index (κ1) is 22.4. The summed E-state index contributed by atoms with van der Waals surface area (Å²) in [5.74, 6) is 1.02. The van der Waals surface area contributed by atoms with Crippen LogP contribution >= 0.6 is 0 Å². The molecule has 0 bridgehead atoms. The lowest BCUT2D eigenvalue weighted by atomic mass is 10.0. The summed E-state index contributed by atoms with van der Waals surface area (Å²) in [5, 5.41) is 6.85. The molecule has 0 spiro atoms. The normalized spacial score (nSPS) is 19.3. The van der Waals surface area contributed by atoms with E-state index in [2.05, 4.69) is 63.5 Å². The highest BCUT2D eigenvalue weighted by Crippen LogP contribution is 2.16. The number of aliphatic imine (C=N–C) groups is 1. The van der Waals surface area contributed by atoms with Crippen molar-refractivity contribution in [2.45, 2.75) is 45.2 Å². The number of carbonyl (C=O) groups is 1. The Bertz CT molecular complexity index is 676. The first-order chi connectivity index (χ1) is 14.6. The zero-order chi connectivity index (χ0) is 21.3. The quantitative estimate of drug-likeness (QED) is 0.549. The Morgan fingerprint density at radius 3 is 2.33 bits per heavy atom. The van der Waals surface area contributed by atoms with Gasteiger partial charge in [0.15, 0.2) is 5.96 Å². The van der Waals surface area contributed by atoms with E-state index < -0.39 is 0 Å². The van der Waals surface area contributed by atoms with Crippen molar-refractivity contribution >= 4 is 17.6 Å². The number of piperazine rings is 1. The maximum Gasteiger partial charge on any atom is 0.224 e. The molecular formula is C23H38N6O. The Morgan fingerprint density at radius 2 is 1.73 bits per heavy atom. The highest BCUT2D eigenvalue weighted by atomic mass is 16.2. The number of likely N-dealkylation sites (tertiary alicyclic amines) is 1. The molecule has 3 rings (SSSR count). The van der Waals surface area contributed by atoms with Crippen LogP contribution in [0.1, 0.15) is 33.1 Å². The fraction of sp³-hybridized carbons (Fsp3) is 0.652. The van der Waals surface area contributed by atoms with E-state index in [0.29, 0.717) is 25.0 Å². The van der Waals surface area contributed by atoms with Gasteiger partial charge in [-0.05, 0) is 38.8 Å². The minimum atomic E-state index is 0.218. The van der Waals surface area contributed by atoms with Gasteiger partial charge < -0.3 is 25.3 Å². The van der Waals surface area contributed by atoms with Gasteiger partial charge in [0.2, 0.25) is 5.91 Å². The molecule has 2 aliphatic rings. The fourth-order valence-corrected chi connectivity index (χ4v) is 4.25. The summed E-state index contributed by atoms with van der Waals surface area (Å²) >= 11 is 0. The number of hydrogen-bond acceptors (Lipinski definition) is 4. The van der Waals surface area contributed by atoms with Gasteiger partial charge in [0.25, 0.3) is 0 Å². The molecule has 0 aromatic heterocycles. The molecule has 2 N–H and O–H groups in total. The second-order valence-corrected chi connectivity index (χ2v) is 8.50. The summed E-state index contributed by atoms with van der Waals surface area (Å²) in [6.45, 7) is 10.7. The molecule has 166 valence electrons. The largest absolute Gasteiger partial charge is 0.368 e. The summed E-state index contributed by atoms with van der Waals surface area (Å²) in [6.07, 6.45) is 2.75. The van der Waals surface area contributed by atoms with E-state index in [1.54, 1.807) is 7.05 Å². The van der Waals surface area contributed by atoms with Gasteiger partial charge in [-0.1, -0.05) is 18.2 Å². The van der Waals surface area contributed by atoms with Crippen LogP contribution in [0.4, 0.5) is 5.69 Å². The van der Waals surface area contributed by atoms with Gasteiger partial charge in [-0.25, -0.2) is 0 Å². The third-order valence-corrected chi connectivity index (χ3v) is 6.21. The van der Waals surface area contributed by atoms with Crippen molar-refractivity contribution in [1.29, 1.82) is 0 Å². The molecule has 2 heterocycles. The van der Waals surface area contributed by atoms with Crippen molar-refractivity contribution < 1.29 is 4.79 Å². The zero-order valence-corrected chi connectivity index (χ0v) is 18.8. The van der Waals surface area contributed by atoms with E-state index in [1.807, 2.05) is 11.0 Å². The van der Waals surface area contributed by atoms with E-state index in [0.717, 1.165) is 58.1 Å². The maximum absolute atomic E-state index is 12.6. The molecule has 1 aromatic rings. The number of anilines is 1. The Morgan fingerprint density at radius 1 is 1.07 bits per heavy atom. The molecule has 0 radical (unpaired) electrons. The Kier molecular flexibility index (Phi) is 8.37. The molecule has 0 atom stereocenters. The number of rotatable bonds is 6. The zero-order valence-electron chi connectivity index (χ0n) is 18.8. The van der Waals surface area contributed by atoms with Crippen molar-refractivity contribution in [1.82, 2.24) is 20.4 Å². The fourth-order valence-electron chi connectivity index (χ4n) is 4.25. The molecule has 7 heteroatoms. The van der Waals surface area contributed by atoms with Crippen molar-refractivity contribution in [3.8, 4) is 0 Å². The van der Waals surface area contributed by atoms with E-state index in [-0.39, 0.29) is 5.91 Å². The number of amides is 1. The molecule has 1 amide bonds. The average Bonchev–Trinajstić information content (AvgIpc) is 2.79. The lowest BCUT2D eigenvalue weighted by molar-refractivity contribution is -0.131. The number of benzene rings is 1. The van der Waals surface area contributed by atoms with Crippen LogP contribution in [-0.2, 0) is 4.79 Å². The van der Waals surface area contributed by atoms with Crippen LogP contribution < -0.4 is 15.5 Å². The number of hydrogen-bond donors (Lipinski definition) is 2. The highest BCUT2D eigenvalue weighted by Gasteiger charge is 2.22. The van der Waals surface area contributed by atoms with Gasteiger partial charge in [0.1, 0.15) is 0 Å². The topological polar surface area (TPSA) is 63.2 Å². The van der Waals surface area contributed by atoms with Gasteiger partial charge in [-0.3, -0.25) is 9.79 Å². The molecule has 0 aliphatic carbocycles. The molecule has 1 aromatic carbocycles. The summed E-state index contributed by atoms with van der Waals surface area (Å²) in [7, 11) is 1.79. The molecule has 30 heavy (non-hydrogen) atoms. The summed E-state index contributed by atoms with van der Waals surface area (Å²) in [5.41, 5.74) is 1.24. The molecular weight excluding hydrogens is 376 g/mol. The molecule has 2 fully saturated rings. The smallest absolute Gasteiger partial charge is 0.224 e. The monoisotopic (exact) mass is 414 g/mol. The first-order valence-electron chi connectivity index (χ1n) is 11.4. The number of guanidine groups is 1. The second-order valence-electron chi connectivity index (χ2n) is 8.50. The molecule has 2 aliphatic heterocycles. The molecule has 2 saturated heterocycles. The number of nitrogens with zero attached hydrogens (tertiary/aromatic N) is 4. The first-order valence-corrected chi connectivity index (χ1v) is 11.4. The summed E-state index contributed by atoms with van der Waals surface area (Å²) in [4.78, 5) is 23.8. The number of piperidine rings is 1. The van der Waals surface area contributed by atoms with Crippen molar-refractivity contribution in [2.75, 3.05) is 57.8 Å². The Labute approximate surface area is 181 Å². The second kappa shape index (κ2) is 11.2. The minimum absolute atomic E-state index is 0.218. The Balaban J connectivity index is 1.34. The van der Waals surface area contributed by atoms with Crippen molar-refractivity contribution in [3.63, 3.8) is 0 Å². The molecule has 0 saturated carbocycles. The number of carbonyl (C=O) groups excluding carboxylic acids is 1. The minimum Gasteiger partial charge on any atom is -0.368 e. The molecule has 0 unspecified atom stereocenters. The van der Waals surface area contributed by atoms with Gasteiger partial charge in [-0.2, -0.15) is 0 Å². The van der Waals surface area contributed by atoms with Crippen LogP contribution in [-0.4, -0.2) is 86.6 Å². The lowest BCUT2D eigenvalue weighted by Crippen LogP contribution is -2.51. The van der Waals surface area contributed by atoms with Gasteiger partial charge in [-0.15, -0.1) is 0 Å². The van der Waals surface area contributed by atoms with E-state index >= 15 is 0 Å². The number of para-hydroxylation sites is 1. The third-order valence-electron chi connectivity index (χ3n) is 6.21. The standard InChI is InChI=1S/C23H38N6O/c1-19(2)27-13-10-20(11-14-27)26-23(24-3)25-12-9-22(30)29-17-15-28(16-18-29)21-7-5-4-6-8-21/h4-8,19-20H,9-18H2,1-3H3,(H2,24,25,26). The predicted molar refractivity (Wildman–Crippen MR) is 124 cm³/mol. The average molecular weight is 415 g/mol. The Hall–Kier alpha value is -2.28. The van der Waals surface area contributed by atoms with E-state index in [1.165, 1.54) is 5.69 Å². The maximum atomic E-state index is 12.6. The van der Waals surface area contributed by atoms with Gasteiger partial charge in [0, 0.05) is 77.1 Å². The van der Waals surface area contributed by atoms with Gasteiger partial charge in [0.05, 0.1) is 0 Å². The van der Waals surface area contributed by atoms with Crippen molar-refractivity contribution in [3.05, 3.63) is 30.3 Å². The van der Waals surface area contributed by atoms with Crippen molar-refractivity contribution in [2.24, 2.45) is 4.99 Å². The van der Waals surface area contributed by atoms with Crippen LogP contribution in [0.15, 0.2) is 35.3 Å². The highest BCUT2D eigenvalue weighted by molar-refractivity contribution is 5.81. The van der Waals surface area contributed by atoms with E-state index in [4.69, 9.17) is 0 Å². The number of nitrogens with one attached hydrogen (secondary N) is 2. The van der Waals surface area contributed by atoms with E-state index in [9.17, 15) is 4.79 Å².